The summed E-state index contributed by atoms with van der Waals surface area (Å²) in [5.41, 5.74) is 2.84. The normalized spacial score (nSPS) is 25.7. The minimum absolute atomic E-state index is 0.134. The van der Waals surface area contributed by atoms with Crippen molar-refractivity contribution in [1.82, 2.24) is 15.1 Å². The van der Waals surface area contributed by atoms with E-state index in [1.165, 1.54) is 24.0 Å². The van der Waals surface area contributed by atoms with E-state index in [4.69, 9.17) is 9.15 Å². The highest BCUT2D eigenvalue weighted by Gasteiger charge is 2.30. The van der Waals surface area contributed by atoms with Crippen LogP contribution in [0.3, 0.4) is 0 Å². The molecule has 0 unspecified atom stereocenters. The molecule has 2 heterocycles. The molecule has 4 rings (SSSR count). The molecular weight excluding hydrogens is 290 g/mol. The largest absolute Gasteiger partial charge is 0.423 e. The number of hydrogen-bond acceptors (Lipinski definition) is 5. The van der Waals surface area contributed by atoms with Crippen molar-refractivity contribution in [3.05, 3.63) is 47.2 Å². The van der Waals surface area contributed by atoms with Crippen LogP contribution in [0.1, 0.15) is 54.7 Å². The Kier molecular flexibility index (Phi) is 3.91. The molecule has 1 saturated carbocycles. The maximum absolute atomic E-state index is 5.97. The Morgan fingerprint density at radius 2 is 1.91 bits per heavy atom. The van der Waals surface area contributed by atoms with E-state index in [1.807, 2.05) is 6.92 Å². The smallest absolute Gasteiger partial charge is 0.246 e. The average molecular weight is 313 g/mol. The summed E-state index contributed by atoms with van der Waals surface area (Å²) in [5, 5.41) is 8.03. The van der Waals surface area contributed by atoms with Gasteiger partial charge in [0, 0.05) is 26.6 Å². The molecule has 0 bridgehead atoms. The minimum Gasteiger partial charge on any atom is -0.423 e. The lowest BCUT2D eigenvalue weighted by atomic mass is 10.1. The van der Waals surface area contributed by atoms with Gasteiger partial charge in [0.2, 0.25) is 11.8 Å². The summed E-state index contributed by atoms with van der Waals surface area (Å²) in [5.74, 6) is 1.99. The summed E-state index contributed by atoms with van der Waals surface area (Å²) in [4.78, 5) is 2.41. The molecule has 0 radical (unpaired) electrons. The second kappa shape index (κ2) is 6.06. The second-order valence-corrected chi connectivity index (χ2v) is 6.80. The van der Waals surface area contributed by atoms with E-state index < -0.39 is 0 Å². The number of rotatable bonds is 4. The third kappa shape index (κ3) is 3.46. The van der Waals surface area contributed by atoms with Gasteiger partial charge in [0.15, 0.2) is 0 Å². The van der Waals surface area contributed by atoms with Gasteiger partial charge >= 0.3 is 0 Å². The first-order chi connectivity index (χ1) is 11.2. The fourth-order valence-corrected chi connectivity index (χ4v) is 3.32. The van der Waals surface area contributed by atoms with Crippen LogP contribution in [0.5, 0.6) is 0 Å². The molecule has 2 aliphatic rings. The number of morpholine rings is 1. The molecule has 2 atom stereocenters. The molecule has 0 N–H and O–H groups in total. The van der Waals surface area contributed by atoms with Gasteiger partial charge in [-0.2, -0.15) is 0 Å². The number of nitrogens with zero attached hydrogens (tertiary/aromatic N) is 3. The average Bonchev–Trinajstić information content (AvgIpc) is 3.29. The van der Waals surface area contributed by atoms with E-state index in [9.17, 15) is 0 Å². The molecule has 1 aromatic heterocycles. The quantitative estimate of drug-likeness (QED) is 0.867. The highest BCUT2D eigenvalue weighted by atomic mass is 16.5. The van der Waals surface area contributed by atoms with Crippen molar-refractivity contribution in [3.8, 4) is 0 Å². The SMILES string of the molecule is Cc1nnc([C@H]2CN(Cc3ccc(C4CC4)cc3)C[C@@H](C)O2)o1. The lowest BCUT2D eigenvalue weighted by Crippen LogP contribution is -2.42. The first-order valence-electron chi connectivity index (χ1n) is 8.44. The zero-order valence-electron chi connectivity index (χ0n) is 13.7. The van der Waals surface area contributed by atoms with Crippen LogP contribution in [-0.2, 0) is 11.3 Å². The van der Waals surface area contributed by atoms with Crippen molar-refractivity contribution in [3.63, 3.8) is 0 Å². The van der Waals surface area contributed by atoms with Gasteiger partial charge in [-0.25, -0.2) is 0 Å². The van der Waals surface area contributed by atoms with E-state index in [1.54, 1.807) is 0 Å². The number of hydrogen-bond donors (Lipinski definition) is 0. The molecule has 2 aromatic rings. The molecule has 23 heavy (non-hydrogen) atoms. The maximum atomic E-state index is 5.97. The molecule has 0 amide bonds. The Morgan fingerprint density at radius 3 is 2.57 bits per heavy atom. The third-order valence-electron chi connectivity index (χ3n) is 4.59. The van der Waals surface area contributed by atoms with Gasteiger partial charge in [-0.1, -0.05) is 24.3 Å². The van der Waals surface area contributed by atoms with Crippen LogP contribution in [0.25, 0.3) is 0 Å². The number of benzene rings is 1. The van der Waals surface area contributed by atoms with Crippen molar-refractivity contribution in [1.29, 1.82) is 0 Å². The van der Waals surface area contributed by atoms with Crippen LogP contribution in [0.15, 0.2) is 28.7 Å². The molecular formula is C18H23N3O2. The van der Waals surface area contributed by atoms with Gasteiger partial charge in [-0.05, 0) is 36.8 Å². The Hall–Kier alpha value is -1.72. The van der Waals surface area contributed by atoms with E-state index in [-0.39, 0.29) is 12.2 Å². The monoisotopic (exact) mass is 313 g/mol. The van der Waals surface area contributed by atoms with Gasteiger partial charge in [0.25, 0.3) is 0 Å². The van der Waals surface area contributed by atoms with E-state index in [0.717, 1.165) is 25.6 Å². The lowest BCUT2D eigenvalue weighted by molar-refractivity contribution is -0.0917. The molecule has 1 aliphatic carbocycles. The number of aromatic nitrogens is 2. The Balaban J connectivity index is 1.43. The summed E-state index contributed by atoms with van der Waals surface area (Å²) in [6.45, 7) is 6.55. The predicted octanol–water partition coefficient (Wildman–Crippen LogP) is 3.22. The maximum Gasteiger partial charge on any atom is 0.246 e. The fraction of sp³-hybridized carbons (Fsp3) is 0.556. The van der Waals surface area contributed by atoms with Gasteiger partial charge in [-0.3, -0.25) is 4.90 Å². The first kappa shape index (κ1) is 14.8. The van der Waals surface area contributed by atoms with Crippen molar-refractivity contribution >= 4 is 0 Å². The van der Waals surface area contributed by atoms with Crippen LogP contribution in [0.4, 0.5) is 0 Å². The minimum atomic E-state index is -0.134. The molecule has 5 nitrogen and oxygen atoms in total. The summed E-state index contributed by atoms with van der Waals surface area (Å²) in [7, 11) is 0. The molecule has 0 spiro atoms. The van der Waals surface area contributed by atoms with Crippen molar-refractivity contribution < 1.29 is 9.15 Å². The summed E-state index contributed by atoms with van der Waals surface area (Å²) < 4.78 is 11.5. The van der Waals surface area contributed by atoms with Crippen molar-refractivity contribution in [2.24, 2.45) is 0 Å². The molecule has 1 aromatic carbocycles. The van der Waals surface area contributed by atoms with Gasteiger partial charge < -0.3 is 9.15 Å². The third-order valence-corrected chi connectivity index (χ3v) is 4.59. The Labute approximate surface area is 136 Å². The lowest BCUT2D eigenvalue weighted by Gasteiger charge is -2.35. The molecule has 122 valence electrons. The first-order valence-corrected chi connectivity index (χ1v) is 8.44. The second-order valence-electron chi connectivity index (χ2n) is 6.80. The summed E-state index contributed by atoms with van der Waals surface area (Å²) in [6, 6.07) is 9.10. The van der Waals surface area contributed by atoms with Gasteiger partial charge in [0.1, 0.15) is 6.10 Å². The van der Waals surface area contributed by atoms with Crippen LogP contribution in [0, 0.1) is 6.92 Å². The Morgan fingerprint density at radius 1 is 1.13 bits per heavy atom. The van der Waals surface area contributed by atoms with E-state index in [2.05, 4.69) is 46.3 Å². The molecule has 1 aliphatic heterocycles. The van der Waals surface area contributed by atoms with Crippen LogP contribution in [-0.4, -0.2) is 34.3 Å². The highest BCUT2D eigenvalue weighted by molar-refractivity contribution is 5.28. The molecule has 2 fully saturated rings. The summed E-state index contributed by atoms with van der Waals surface area (Å²) in [6.07, 6.45) is 2.73. The van der Waals surface area contributed by atoms with Crippen LogP contribution in [0.2, 0.25) is 0 Å². The standard InChI is InChI=1S/C18H23N3O2/c1-12-9-21(11-17(22-12)18-20-19-13(2)23-18)10-14-3-5-15(6-4-14)16-7-8-16/h3-6,12,16-17H,7-11H2,1-2H3/t12-,17-/m1/s1. The van der Waals surface area contributed by atoms with Gasteiger partial charge in [0.05, 0.1) is 6.10 Å². The van der Waals surface area contributed by atoms with Crippen molar-refractivity contribution in [2.75, 3.05) is 13.1 Å². The summed E-state index contributed by atoms with van der Waals surface area (Å²) >= 11 is 0. The number of aryl methyl sites for hydroxylation is 1. The van der Waals surface area contributed by atoms with Crippen LogP contribution < -0.4 is 0 Å². The Bertz CT molecular complexity index is 663. The topological polar surface area (TPSA) is 51.4 Å². The predicted molar refractivity (Wildman–Crippen MR) is 86.0 cm³/mol. The van der Waals surface area contributed by atoms with E-state index in [0.29, 0.717) is 11.8 Å². The van der Waals surface area contributed by atoms with Gasteiger partial charge in [-0.15, -0.1) is 10.2 Å². The number of ether oxygens (including phenoxy) is 1. The van der Waals surface area contributed by atoms with E-state index >= 15 is 0 Å². The molecule has 5 heteroatoms. The highest BCUT2D eigenvalue weighted by Crippen LogP contribution is 2.40. The fourth-order valence-electron chi connectivity index (χ4n) is 3.32. The molecule has 1 saturated heterocycles. The van der Waals surface area contributed by atoms with Crippen molar-refractivity contribution in [2.45, 2.75) is 51.4 Å². The van der Waals surface area contributed by atoms with Crippen LogP contribution >= 0.6 is 0 Å². The zero-order chi connectivity index (χ0) is 15.8. The zero-order valence-corrected chi connectivity index (χ0v) is 13.7.